The van der Waals surface area contributed by atoms with Gasteiger partial charge in [-0.25, -0.2) is 13.4 Å². The lowest BCUT2D eigenvalue weighted by molar-refractivity contribution is -0.137. The maximum absolute atomic E-state index is 12.9. The van der Waals surface area contributed by atoms with Crippen molar-refractivity contribution in [1.29, 1.82) is 0 Å². The Morgan fingerprint density at radius 2 is 1.72 bits per heavy atom. The molecule has 0 radical (unpaired) electrons. The number of halogens is 3. The van der Waals surface area contributed by atoms with Crippen molar-refractivity contribution < 1.29 is 26.0 Å². The number of aromatic nitrogens is 4. The van der Waals surface area contributed by atoms with Crippen molar-refractivity contribution in [3.05, 3.63) is 90.1 Å². The van der Waals surface area contributed by atoms with Crippen molar-refractivity contribution >= 4 is 20.9 Å². The lowest BCUT2D eigenvalue weighted by Crippen LogP contribution is -2.05. The number of nitrogens with zero attached hydrogens (tertiary/aromatic N) is 4. The molecule has 2 heterocycles. The maximum Gasteiger partial charge on any atom is 0.416 e. The molecular weight excluding hydrogens is 493 g/mol. The summed E-state index contributed by atoms with van der Waals surface area (Å²) in [5, 5.41) is 8.14. The van der Waals surface area contributed by atoms with E-state index in [1.165, 1.54) is 18.2 Å². The number of imidazole rings is 1. The molecule has 0 bridgehead atoms. The van der Waals surface area contributed by atoms with E-state index < -0.39 is 21.6 Å². The Bertz CT molecular complexity index is 1660. The van der Waals surface area contributed by atoms with Crippen LogP contribution in [0.25, 0.3) is 28.2 Å². The Morgan fingerprint density at radius 3 is 2.44 bits per heavy atom. The smallest absolute Gasteiger partial charge is 0.416 e. The maximum atomic E-state index is 12.9. The van der Waals surface area contributed by atoms with Crippen molar-refractivity contribution in [3.8, 4) is 17.1 Å². The fraction of sp³-hybridized carbons (Fsp3) is 0.160. The van der Waals surface area contributed by atoms with Gasteiger partial charge in [0, 0.05) is 23.9 Å². The topological polar surface area (TPSA) is 90.9 Å². The largest absolute Gasteiger partial charge is 0.421 e. The third-order valence-electron chi connectivity index (χ3n) is 5.69. The number of alkyl halides is 3. The van der Waals surface area contributed by atoms with Crippen LogP contribution < -0.4 is 0 Å². The van der Waals surface area contributed by atoms with E-state index in [0.29, 0.717) is 29.9 Å². The summed E-state index contributed by atoms with van der Waals surface area (Å²) >= 11 is 0. The summed E-state index contributed by atoms with van der Waals surface area (Å²) in [5.41, 5.74) is 2.68. The summed E-state index contributed by atoms with van der Waals surface area (Å²) < 4.78 is 69.9. The van der Waals surface area contributed by atoms with Gasteiger partial charge >= 0.3 is 6.18 Å². The molecule has 36 heavy (non-hydrogen) atoms. The zero-order valence-electron chi connectivity index (χ0n) is 18.9. The number of rotatable bonds is 6. The first kappa shape index (κ1) is 23.7. The second-order valence-corrected chi connectivity index (χ2v) is 10.3. The van der Waals surface area contributed by atoms with Crippen LogP contribution in [-0.4, -0.2) is 34.4 Å². The highest BCUT2D eigenvalue weighted by atomic mass is 32.2. The lowest BCUT2D eigenvalue weighted by atomic mass is 10.1. The fourth-order valence-corrected chi connectivity index (χ4v) is 4.46. The second-order valence-electron chi connectivity index (χ2n) is 8.28. The van der Waals surface area contributed by atoms with E-state index in [-0.39, 0.29) is 10.8 Å². The normalized spacial score (nSPS) is 12.3. The molecule has 0 N–H and O–H groups in total. The van der Waals surface area contributed by atoms with Gasteiger partial charge in [0.2, 0.25) is 11.8 Å². The van der Waals surface area contributed by atoms with E-state index in [1.54, 1.807) is 36.7 Å². The average Bonchev–Trinajstić information content (AvgIpc) is 3.49. The molecule has 0 unspecified atom stereocenters. The number of sulfone groups is 1. The van der Waals surface area contributed by atoms with Crippen LogP contribution in [0.15, 0.2) is 82.4 Å². The highest BCUT2D eigenvalue weighted by molar-refractivity contribution is 7.90. The van der Waals surface area contributed by atoms with Crippen molar-refractivity contribution in [2.75, 3.05) is 6.26 Å². The Hall–Kier alpha value is -3.99. The van der Waals surface area contributed by atoms with E-state index in [9.17, 15) is 21.6 Å². The molecule has 0 aliphatic rings. The second kappa shape index (κ2) is 8.90. The van der Waals surface area contributed by atoms with Crippen molar-refractivity contribution in [3.63, 3.8) is 0 Å². The van der Waals surface area contributed by atoms with E-state index in [4.69, 9.17) is 4.42 Å². The van der Waals surface area contributed by atoms with Gasteiger partial charge in [0.05, 0.1) is 21.5 Å². The molecule has 0 aliphatic carbocycles. The van der Waals surface area contributed by atoms with Gasteiger partial charge in [-0.3, -0.25) is 4.57 Å². The summed E-state index contributed by atoms with van der Waals surface area (Å²) in [6.07, 6.45) is -0.992. The Labute approximate surface area is 204 Å². The first-order chi connectivity index (χ1) is 17.1. The molecule has 0 spiro atoms. The summed E-state index contributed by atoms with van der Waals surface area (Å²) in [6.45, 7) is 0. The van der Waals surface area contributed by atoms with Crippen molar-refractivity contribution in [2.24, 2.45) is 0 Å². The molecule has 11 heteroatoms. The molecule has 7 nitrogen and oxygen atoms in total. The van der Waals surface area contributed by atoms with E-state index >= 15 is 0 Å². The third kappa shape index (κ3) is 4.87. The zero-order chi connectivity index (χ0) is 25.5. The van der Waals surface area contributed by atoms with Crippen LogP contribution in [-0.2, 0) is 28.9 Å². The van der Waals surface area contributed by atoms with Crippen LogP contribution in [0.4, 0.5) is 13.2 Å². The zero-order valence-corrected chi connectivity index (χ0v) is 19.7. The fourth-order valence-electron chi connectivity index (χ4n) is 3.83. The Kier molecular flexibility index (Phi) is 5.87. The van der Waals surface area contributed by atoms with Gasteiger partial charge in [-0.05, 0) is 60.5 Å². The molecule has 0 fully saturated rings. The minimum absolute atomic E-state index is 0.222. The van der Waals surface area contributed by atoms with Crippen LogP contribution >= 0.6 is 0 Å². The molecule has 0 amide bonds. The first-order valence-corrected chi connectivity index (χ1v) is 12.7. The van der Waals surface area contributed by atoms with Crippen LogP contribution in [0.2, 0.25) is 0 Å². The van der Waals surface area contributed by atoms with Crippen molar-refractivity contribution in [1.82, 2.24) is 19.7 Å². The summed E-state index contributed by atoms with van der Waals surface area (Å²) in [5.74, 6) is 0.587. The number of hydrogen-bond acceptors (Lipinski definition) is 6. The molecule has 0 saturated heterocycles. The van der Waals surface area contributed by atoms with E-state index in [2.05, 4.69) is 15.2 Å². The molecule has 0 atom stereocenters. The van der Waals surface area contributed by atoms with Gasteiger partial charge < -0.3 is 4.42 Å². The quantitative estimate of drug-likeness (QED) is 0.307. The summed E-state index contributed by atoms with van der Waals surface area (Å²) in [6, 6.07) is 17.1. The molecule has 0 saturated carbocycles. The van der Waals surface area contributed by atoms with Crippen LogP contribution in [0.3, 0.4) is 0 Å². The van der Waals surface area contributed by atoms with Gasteiger partial charge in [-0.1, -0.05) is 18.2 Å². The number of fused-ring (bicyclic) bond motifs is 1. The molecule has 2 aromatic heterocycles. The van der Waals surface area contributed by atoms with Gasteiger partial charge in [0.25, 0.3) is 0 Å². The van der Waals surface area contributed by atoms with Gasteiger partial charge in [0.1, 0.15) is 6.33 Å². The van der Waals surface area contributed by atoms with Gasteiger partial charge in [-0.15, -0.1) is 10.2 Å². The SMILES string of the molecule is CS(=O)(=O)c1ccc(-n2cnc3ccc(-c4nnc(CCc5cccc(C(F)(F)F)c5)o4)cc32)cc1. The van der Waals surface area contributed by atoms with Crippen LogP contribution in [0.1, 0.15) is 17.0 Å². The minimum atomic E-state index is -4.39. The average molecular weight is 513 g/mol. The van der Waals surface area contributed by atoms with E-state index in [0.717, 1.165) is 35.1 Å². The predicted octanol–water partition coefficient (Wildman–Crippen LogP) is 5.28. The molecule has 5 aromatic rings. The summed E-state index contributed by atoms with van der Waals surface area (Å²) in [7, 11) is -3.31. The first-order valence-electron chi connectivity index (χ1n) is 10.8. The summed E-state index contributed by atoms with van der Waals surface area (Å²) in [4.78, 5) is 4.61. The monoisotopic (exact) mass is 512 g/mol. The van der Waals surface area contributed by atoms with Gasteiger partial charge in [0.15, 0.2) is 9.84 Å². The van der Waals surface area contributed by atoms with Crippen LogP contribution in [0, 0.1) is 0 Å². The molecule has 3 aromatic carbocycles. The van der Waals surface area contributed by atoms with E-state index in [1.807, 2.05) is 10.6 Å². The highest BCUT2D eigenvalue weighted by Crippen LogP contribution is 2.30. The predicted molar refractivity (Wildman–Crippen MR) is 126 cm³/mol. The molecule has 184 valence electrons. The standard InChI is InChI=1S/C25H19F3N4O3S/c1-36(33,34)20-9-7-19(8-10-20)32-15-29-21-11-6-17(14-22(21)32)24-31-30-23(35-24)12-5-16-3-2-4-18(13-16)25(26,27)28/h2-4,6-11,13-15H,5,12H2,1H3. The lowest BCUT2D eigenvalue weighted by Gasteiger charge is -2.08. The Balaban J connectivity index is 1.37. The van der Waals surface area contributed by atoms with Crippen LogP contribution in [0.5, 0.6) is 0 Å². The number of benzene rings is 3. The highest BCUT2D eigenvalue weighted by Gasteiger charge is 2.30. The number of hydrogen-bond donors (Lipinski definition) is 0. The molecular formula is C25H19F3N4O3S. The minimum Gasteiger partial charge on any atom is -0.421 e. The van der Waals surface area contributed by atoms with Gasteiger partial charge in [-0.2, -0.15) is 13.2 Å². The Morgan fingerprint density at radius 1 is 0.944 bits per heavy atom. The number of aryl methyl sites for hydroxylation is 2. The molecule has 5 rings (SSSR count). The third-order valence-corrected chi connectivity index (χ3v) is 6.81. The van der Waals surface area contributed by atoms with Crippen molar-refractivity contribution in [2.45, 2.75) is 23.9 Å². The molecule has 0 aliphatic heterocycles.